The lowest BCUT2D eigenvalue weighted by Crippen LogP contribution is -2.70. The molecule has 4 aliphatic carbocycles. The van der Waals surface area contributed by atoms with Crippen LogP contribution in [-0.4, -0.2) is 57.1 Å². The number of aliphatic hydroxyl groups is 2. The van der Waals surface area contributed by atoms with Crippen LogP contribution in [0.1, 0.15) is 53.4 Å². The molecule has 0 aromatic carbocycles. The predicted octanol–water partition coefficient (Wildman–Crippen LogP) is 3.07. The number of carbonyl (C=O) groups excluding carboxylic acids is 3. The minimum absolute atomic E-state index is 0.0127. The number of rotatable bonds is 4. The van der Waals surface area contributed by atoms with Crippen LogP contribution in [0.4, 0.5) is 4.39 Å². The Hall–Kier alpha value is -1.57. The normalized spacial score (nSPS) is 48.4. The summed E-state index contributed by atoms with van der Waals surface area (Å²) in [5.74, 6) is -2.86. The SMILES string of the molecule is CCC(=O)O[C@]1(C(=O)CO)[C@H](C)C[C@H]2[C@@H]3C[C@H](F)C4=CC(=O)C=C[C@@]4(C)C3(Cl)[C@H](O)C[C@@]21C. The highest BCUT2D eigenvalue weighted by Crippen LogP contribution is 2.72. The Labute approximate surface area is 198 Å². The fourth-order valence-corrected chi connectivity index (χ4v) is 8.25. The summed E-state index contributed by atoms with van der Waals surface area (Å²) in [5.41, 5.74) is -3.52. The number of allylic oxidation sites excluding steroid dienone is 4. The van der Waals surface area contributed by atoms with Crippen molar-refractivity contribution in [3.8, 4) is 0 Å². The number of ketones is 2. The Morgan fingerprint density at radius 3 is 2.55 bits per heavy atom. The summed E-state index contributed by atoms with van der Waals surface area (Å²) in [6.45, 7) is 6.15. The Morgan fingerprint density at radius 2 is 1.94 bits per heavy atom. The molecule has 0 aromatic heterocycles. The van der Waals surface area contributed by atoms with Gasteiger partial charge in [0.1, 0.15) is 12.8 Å². The average molecular weight is 483 g/mol. The van der Waals surface area contributed by atoms with Crippen LogP contribution in [-0.2, 0) is 19.1 Å². The van der Waals surface area contributed by atoms with Crippen molar-refractivity contribution in [2.45, 2.75) is 76.1 Å². The lowest BCUT2D eigenvalue weighted by atomic mass is 9.45. The Bertz CT molecular complexity index is 963. The fraction of sp³-hybridized carbons (Fsp3) is 0.720. The van der Waals surface area contributed by atoms with Crippen molar-refractivity contribution in [1.29, 1.82) is 0 Å². The van der Waals surface area contributed by atoms with Gasteiger partial charge in [0, 0.05) is 23.2 Å². The molecule has 0 bridgehead atoms. The number of carbonyl (C=O) groups is 3. The number of halogens is 2. The summed E-state index contributed by atoms with van der Waals surface area (Å²) in [6, 6.07) is 0. The van der Waals surface area contributed by atoms with Gasteiger partial charge in [-0.1, -0.05) is 33.8 Å². The van der Waals surface area contributed by atoms with Crippen molar-refractivity contribution in [3.05, 3.63) is 23.8 Å². The van der Waals surface area contributed by atoms with Crippen molar-refractivity contribution >= 4 is 29.1 Å². The summed E-state index contributed by atoms with van der Waals surface area (Å²) in [7, 11) is 0. The highest BCUT2D eigenvalue weighted by atomic mass is 35.5. The molecule has 0 amide bonds. The molecule has 0 aromatic rings. The molecule has 9 atom stereocenters. The Kier molecular flexibility index (Phi) is 5.74. The zero-order chi connectivity index (χ0) is 24.6. The van der Waals surface area contributed by atoms with Crippen molar-refractivity contribution in [1.82, 2.24) is 0 Å². The zero-order valence-corrected chi connectivity index (χ0v) is 20.2. The minimum atomic E-state index is -1.64. The largest absolute Gasteiger partial charge is 0.450 e. The third-order valence-corrected chi connectivity index (χ3v) is 10.2. The summed E-state index contributed by atoms with van der Waals surface area (Å²) < 4.78 is 21.4. The highest BCUT2D eigenvalue weighted by Gasteiger charge is 2.77. The van der Waals surface area contributed by atoms with E-state index in [-0.39, 0.29) is 36.5 Å². The first-order valence-corrected chi connectivity index (χ1v) is 12.0. The third kappa shape index (κ3) is 2.88. The number of Topliss-reactive ketones (excluding diaryl/α,β-unsaturated/α-hetero) is 1. The van der Waals surface area contributed by atoms with Gasteiger partial charge >= 0.3 is 5.97 Å². The lowest BCUT2D eigenvalue weighted by Gasteiger charge is -2.64. The molecule has 3 saturated carbocycles. The summed E-state index contributed by atoms with van der Waals surface area (Å²) in [4.78, 5) is 36.4. The summed E-state index contributed by atoms with van der Waals surface area (Å²) >= 11 is 7.31. The zero-order valence-electron chi connectivity index (χ0n) is 19.4. The summed E-state index contributed by atoms with van der Waals surface area (Å²) in [6.07, 6.45) is 2.13. The van der Waals surface area contributed by atoms with E-state index in [1.54, 1.807) is 33.8 Å². The number of hydrogen-bond donors (Lipinski definition) is 2. The number of fused-ring (bicyclic) bond motifs is 5. The molecular formula is C25H32ClFO6. The number of aliphatic hydroxyl groups excluding tert-OH is 2. The van der Waals surface area contributed by atoms with Crippen LogP contribution in [0.3, 0.4) is 0 Å². The highest BCUT2D eigenvalue weighted by molar-refractivity contribution is 6.26. The van der Waals surface area contributed by atoms with E-state index < -0.39 is 63.8 Å². The van der Waals surface area contributed by atoms with E-state index >= 15 is 4.39 Å². The van der Waals surface area contributed by atoms with E-state index in [2.05, 4.69) is 0 Å². The van der Waals surface area contributed by atoms with Crippen molar-refractivity contribution in [2.24, 2.45) is 28.6 Å². The molecule has 1 unspecified atom stereocenters. The molecule has 33 heavy (non-hydrogen) atoms. The van der Waals surface area contributed by atoms with Gasteiger partial charge in [-0.2, -0.15) is 0 Å². The number of ether oxygens (including phenoxy) is 1. The summed E-state index contributed by atoms with van der Waals surface area (Å²) in [5, 5.41) is 21.4. The van der Waals surface area contributed by atoms with Crippen LogP contribution in [0.2, 0.25) is 0 Å². The van der Waals surface area contributed by atoms with Crippen LogP contribution in [0.15, 0.2) is 23.8 Å². The molecule has 0 saturated heterocycles. The molecule has 3 fully saturated rings. The van der Waals surface area contributed by atoms with Gasteiger partial charge in [0.2, 0.25) is 5.78 Å². The second kappa shape index (κ2) is 7.72. The maximum absolute atomic E-state index is 15.6. The van der Waals surface area contributed by atoms with E-state index in [0.29, 0.717) is 6.42 Å². The monoisotopic (exact) mass is 482 g/mol. The van der Waals surface area contributed by atoms with E-state index in [0.717, 1.165) is 0 Å². The molecule has 182 valence electrons. The minimum Gasteiger partial charge on any atom is -0.450 e. The van der Waals surface area contributed by atoms with Gasteiger partial charge in [-0.05, 0) is 48.8 Å². The first-order chi connectivity index (χ1) is 15.3. The molecule has 0 radical (unpaired) electrons. The standard InChI is InChI=1S/C25H32ClFO6/c1-5-21(32)33-25(20(31)12-28)13(2)8-15-16-10-18(27)17-9-14(29)6-7-22(17,3)24(16,26)19(30)11-23(15,25)4/h6-7,9,13,15-16,18-19,28,30H,5,8,10-12H2,1-4H3/t13-,15+,16+,18+,19-,22-,23+,24?,25+/m1/s1. The van der Waals surface area contributed by atoms with Crippen molar-refractivity contribution in [3.63, 3.8) is 0 Å². The van der Waals surface area contributed by atoms with Crippen LogP contribution in [0.5, 0.6) is 0 Å². The molecule has 0 heterocycles. The van der Waals surface area contributed by atoms with Gasteiger partial charge in [0.05, 0.1) is 11.0 Å². The first kappa shape index (κ1) is 24.6. The number of esters is 1. The second-order valence-electron chi connectivity index (χ2n) is 10.6. The average Bonchev–Trinajstić information content (AvgIpc) is 2.98. The van der Waals surface area contributed by atoms with Gasteiger partial charge in [0.25, 0.3) is 0 Å². The van der Waals surface area contributed by atoms with Gasteiger partial charge in [-0.15, -0.1) is 11.6 Å². The third-order valence-electron chi connectivity index (χ3n) is 9.29. The maximum Gasteiger partial charge on any atom is 0.306 e. The molecule has 0 spiro atoms. The molecular weight excluding hydrogens is 451 g/mol. The van der Waals surface area contributed by atoms with Crippen LogP contribution < -0.4 is 0 Å². The predicted molar refractivity (Wildman–Crippen MR) is 119 cm³/mol. The van der Waals surface area contributed by atoms with E-state index in [4.69, 9.17) is 16.3 Å². The molecule has 4 aliphatic rings. The second-order valence-corrected chi connectivity index (χ2v) is 11.3. The molecule has 6 nitrogen and oxygen atoms in total. The molecule has 4 rings (SSSR count). The molecule has 2 N–H and O–H groups in total. The Morgan fingerprint density at radius 1 is 1.27 bits per heavy atom. The quantitative estimate of drug-likeness (QED) is 0.471. The van der Waals surface area contributed by atoms with Crippen LogP contribution >= 0.6 is 11.6 Å². The Balaban J connectivity index is 1.88. The lowest BCUT2D eigenvalue weighted by molar-refractivity contribution is -0.203. The number of hydrogen-bond acceptors (Lipinski definition) is 6. The first-order valence-electron chi connectivity index (χ1n) is 11.7. The maximum atomic E-state index is 15.6. The smallest absolute Gasteiger partial charge is 0.306 e. The van der Waals surface area contributed by atoms with Crippen LogP contribution in [0, 0.1) is 28.6 Å². The van der Waals surface area contributed by atoms with E-state index in [1.165, 1.54) is 12.2 Å². The van der Waals surface area contributed by atoms with Crippen molar-refractivity contribution in [2.75, 3.05) is 6.61 Å². The van der Waals surface area contributed by atoms with Gasteiger partial charge < -0.3 is 14.9 Å². The van der Waals surface area contributed by atoms with Gasteiger partial charge in [0.15, 0.2) is 11.4 Å². The van der Waals surface area contributed by atoms with Crippen molar-refractivity contribution < 1.29 is 33.7 Å². The molecule has 0 aliphatic heterocycles. The van der Waals surface area contributed by atoms with E-state index in [9.17, 15) is 24.6 Å². The van der Waals surface area contributed by atoms with Gasteiger partial charge in [-0.3, -0.25) is 14.4 Å². The van der Waals surface area contributed by atoms with Gasteiger partial charge in [-0.25, -0.2) is 4.39 Å². The van der Waals surface area contributed by atoms with Crippen LogP contribution in [0.25, 0.3) is 0 Å². The topological polar surface area (TPSA) is 101 Å². The van der Waals surface area contributed by atoms with E-state index in [1.807, 2.05) is 0 Å². The number of alkyl halides is 2. The fourth-order valence-electron chi connectivity index (χ4n) is 7.76. The molecule has 8 heteroatoms.